The summed E-state index contributed by atoms with van der Waals surface area (Å²) in [6.45, 7) is 5.24. The number of aromatic nitrogens is 2. The number of nitrogens with zero attached hydrogens (tertiary/aromatic N) is 2. The first-order valence-corrected chi connectivity index (χ1v) is 8.10. The molecule has 2 fully saturated rings. The molecule has 2 N–H and O–H groups in total. The Morgan fingerprint density at radius 3 is 2.85 bits per heavy atom. The van der Waals surface area contributed by atoms with E-state index in [0.29, 0.717) is 12.0 Å². The van der Waals surface area contributed by atoms with E-state index in [4.69, 9.17) is 15.6 Å². The van der Waals surface area contributed by atoms with Gasteiger partial charge in [0.2, 0.25) is 0 Å². The van der Waals surface area contributed by atoms with Crippen molar-refractivity contribution in [2.24, 2.45) is 11.7 Å². The Bertz CT molecular complexity index is 450. The zero-order valence-electron chi connectivity index (χ0n) is 12.7. The molecule has 2 aliphatic rings. The average Bonchev–Trinajstić information content (AvgIpc) is 3.06. The van der Waals surface area contributed by atoms with Crippen LogP contribution in [0.4, 0.5) is 0 Å². The molecule has 4 nitrogen and oxygen atoms in total. The third-order valence-electron chi connectivity index (χ3n) is 4.97. The van der Waals surface area contributed by atoms with Crippen LogP contribution in [0.15, 0.2) is 12.3 Å². The first-order chi connectivity index (χ1) is 9.66. The molecule has 2 heterocycles. The second kappa shape index (κ2) is 5.49. The highest BCUT2D eigenvalue weighted by Crippen LogP contribution is 2.43. The monoisotopic (exact) mass is 277 g/mol. The Labute approximate surface area is 121 Å². The van der Waals surface area contributed by atoms with E-state index in [1.807, 2.05) is 0 Å². The van der Waals surface area contributed by atoms with Crippen molar-refractivity contribution in [3.8, 4) is 0 Å². The van der Waals surface area contributed by atoms with Gasteiger partial charge in [-0.3, -0.25) is 4.68 Å². The number of ether oxygens (including phenoxy) is 1. The summed E-state index contributed by atoms with van der Waals surface area (Å²) < 4.78 is 8.01. The van der Waals surface area contributed by atoms with Crippen LogP contribution in [-0.4, -0.2) is 28.0 Å². The van der Waals surface area contributed by atoms with Crippen molar-refractivity contribution < 1.29 is 4.74 Å². The highest BCUT2D eigenvalue weighted by Gasteiger charge is 2.48. The van der Waals surface area contributed by atoms with Gasteiger partial charge < -0.3 is 10.5 Å². The number of rotatable bonds is 6. The molecular formula is C16H27N3O. The van der Waals surface area contributed by atoms with Gasteiger partial charge in [0.1, 0.15) is 0 Å². The van der Waals surface area contributed by atoms with Crippen LogP contribution < -0.4 is 5.73 Å². The van der Waals surface area contributed by atoms with Crippen molar-refractivity contribution in [3.63, 3.8) is 0 Å². The van der Waals surface area contributed by atoms with Gasteiger partial charge >= 0.3 is 0 Å². The molecule has 4 heteroatoms. The second-order valence-electron chi connectivity index (χ2n) is 6.55. The lowest BCUT2D eigenvalue weighted by Crippen LogP contribution is -2.50. The van der Waals surface area contributed by atoms with E-state index < -0.39 is 0 Å². The lowest BCUT2D eigenvalue weighted by atomic mass is 9.85. The molecule has 1 aromatic rings. The van der Waals surface area contributed by atoms with Crippen molar-refractivity contribution in [1.82, 2.24) is 9.78 Å². The van der Waals surface area contributed by atoms with Crippen LogP contribution in [0.3, 0.4) is 0 Å². The second-order valence-corrected chi connectivity index (χ2v) is 6.55. The van der Waals surface area contributed by atoms with Crippen molar-refractivity contribution in [3.05, 3.63) is 18.0 Å². The van der Waals surface area contributed by atoms with Gasteiger partial charge in [-0.2, -0.15) is 5.10 Å². The molecule has 0 amide bonds. The maximum atomic E-state index is 6.65. The molecule has 0 radical (unpaired) electrons. The Hall–Kier alpha value is -0.870. The molecule has 0 bridgehead atoms. The van der Waals surface area contributed by atoms with Crippen LogP contribution in [0.5, 0.6) is 0 Å². The molecule has 3 rings (SSSR count). The average molecular weight is 277 g/mol. The summed E-state index contributed by atoms with van der Waals surface area (Å²) in [4.78, 5) is 0. The quantitative estimate of drug-likeness (QED) is 0.869. The summed E-state index contributed by atoms with van der Waals surface area (Å²) in [5, 5.41) is 4.76. The maximum absolute atomic E-state index is 6.65. The SMILES string of the molecule is CCC(CC)n1ccc(CC2(N)CCOC2C2CC2)n1. The Balaban J connectivity index is 1.70. The molecule has 1 aliphatic carbocycles. The van der Waals surface area contributed by atoms with Gasteiger partial charge in [-0.25, -0.2) is 0 Å². The van der Waals surface area contributed by atoms with Gasteiger partial charge in [0.25, 0.3) is 0 Å². The molecule has 1 aliphatic heterocycles. The molecule has 1 saturated heterocycles. The first-order valence-electron chi connectivity index (χ1n) is 8.10. The van der Waals surface area contributed by atoms with Crippen LogP contribution in [-0.2, 0) is 11.2 Å². The van der Waals surface area contributed by atoms with Crippen molar-refractivity contribution >= 4 is 0 Å². The minimum absolute atomic E-state index is 0.200. The smallest absolute Gasteiger partial charge is 0.0787 e. The number of hydrogen-bond donors (Lipinski definition) is 1. The minimum atomic E-state index is -0.200. The fourth-order valence-corrected chi connectivity index (χ4v) is 3.55. The van der Waals surface area contributed by atoms with Crippen LogP contribution in [0.25, 0.3) is 0 Å². The summed E-state index contributed by atoms with van der Waals surface area (Å²) in [7, 11) is 0. The van der Waals surface area contributed by atoms with Crippen LogP contribution in [0.2, 0.25) is 0 Å². The lowest BCUT2D eigenvalue weighted by molar-refractivity contribution is 0.0623. The van der Waals surface area contributed by atoms with E-state index in [-0.39, 0.29) is 11.6 Å². The van der Waals surface area contributed by atoms with Gasteiger partial charge in [-0.05, 0) is 44.1 Å². The fraction of sp³-hybridized carbons (Fsp3) is 0.812. The molecule has 2 atom stereocenters. The summed E-state index contributed by atoms with van der Waals surface area (Å²) in [6, 6.07) is 2.64. The van der Waals surface area contributed by atoms with Gasteiger partial charge in [0, 0.05) is 19.2 Å². The van der Waals surface area contributed by atoms with Crippen LogP contribution in [0.1, 0.15) is 57.7 Å². The zero-order chi connectivity index (χ0) is 14.2. The van der Waals surface area contributed by atoms with E-state index in [0.717, 1.165) is 38.0 Å². The van der Waals surface area contributed by atoms with Crippen molar-refractivity contribution in [1.29, 1.82) is 0 Å². The van der Waals surface area contributed by atoms with Crippen LogP contribution >= 0.6 is 0 Å². The highest BCUT2D eigenvalue weighted by molar-refractivity contribution is 5.12. The normalized spacial score (nSPS) is 30.3. The third kappa shape index (κ3) is 2.63. The lowest BCUT2D eigenvalue weighted by Gasteiger charge is -2.29. The number of nitrogens with two attached hydrogens (primary N) is 1. The summed E-state index contributed by atoms with van der Waals surface area (Å²) in [5.41, 5.74) is 7.57. The van der Waals surface area contributed by atoms with E-state index in [1.165, 1.54) is 12.8 Å². The molecule has 1 aromatic heterocycles. The summed E-state index contributed by atoms with van der Waals surface area (Å²) in [5.74, 6) is 0.698. The molecule has 112 valence electrons. The summed E-state index contributed by atoms with van der Waals surface area (Å²) >= 11 is 0. The fourth-order valence-electron chi connectivity index (χ4n) is 3.55. The predicted molar refractivity (Wildman–Crippen MR) is 79.5 cm³/mol. The third-order valence-corrected chi connectivity index (χ3v) is 4.97. The molecule has 20 heavy (non-hydrogen) atoms. The highest BCUT2D eigenvalue weighted by atomic mass is 16.5. The predicted octanol–water partition coefficient (Wildman–Crippen LogP) is 2.68. The van der Waals surface area contributed by atoms with E-state index in [1.54, 1.807) is 0 Å². The largest absolute Gasteiger partial charge is 0.376 e. The molecule has 1 saturated carbocycles. The topological polar surface area (TPSA) is 53.1 Å². The van der Waals surface area contributed by atoms with Crippen molar-refractivity contribution in [2.75, 3.05) is 6.61 Å². The molecular weight excluding hydrogens is 250 g/mol. The van der Waals surface area contributed by atoms with E-state index >= 15 is 0 Å². The van der Waals surface area contributed by atoms with Gasteiger partial charge in [0.05, 0.1) is 23.4 Å². The zero-order valence-corrected chi connectivity index (χ0v) is 12.7. The molecule has 2 unspecified atom stereocenters. The van der Waals surface area contributed by atoms with Crippen molar-refractivity contribution in [2.45, 2.75) is 70.1 Å². The molecule has 0 spiro atoms. The Morgan fingerprint density at radius 1 is 1.45 bits per heavy atom. The maximum Gasteiger partial charge on any atom is 0.0787 e. The summed E-state index contributed by atoms with van der Waals surface area (Å²) in [6.07, 6.45) is 8.99. The standard InChI is InChI=1S/C16H27N3O/c1-3-14(4-2)19-9-7-13(18-19)11-16(17)8-10-20-15(16)12-5-6-12/h7,9,12,14-15H,3-6,8,10-11,17H2,1-2H3. The molecule has 0 aromatic carbocycles. The van der Waals surface area contributed by atoms with Gasteiger partial charge in [0.15, 0.2) is 0 Å². The van der Waals surface area contributed by atoms with Crippen LogP contribution in [0, 0.1) is 5.92 Å². The van der Waals surface area contributed by atoms with E-state index in [9.17, 15) is 0 Å². The number of hydrogen-bond acceptors (Lipinski definition) is 3. The Kier molecular flexibility index (Phi) is 3.87. The first kappa shape index (κ1) is 14.1. The van der Waals surface area contributed by atoms with Gasteiger partial charge in [-0.15, -0.1) is 0 Å². The van der Waals surface area contributed by atoms with E-state index in [2.05, 4.69) is 30.8 Å². The van der Waals surface area contributed by atoms with Gasteiger partial charge in [-0.1, -0.05) is 13.8 Å². The Morgan fingerprint density at radius 2 is 2.20 bits per heavy atom. The minimum Gasteiger partial charge on any atom is -0.376 e.